The Balaban J connectivity index is 1.87. The first-order valence-electron chi connectivity index (χ1n) is 10.1. The van der Waals surface area contributed by atoms with E-state index in [9.17, 15) is 9.59 Å². The summed E-state index contributed by atoms with van der Waals surface area (Å²) < 4.78 is 10.5. The fraction of sp³-hybridized carbons (Fsp3) is 0.304. The summed E-state index contributed by atoms with van der Waals surface area (Å²) in [7, 11) is 7.99. The molecule has 1 aromatic carbocycles. The van der Waals surface area contributed by atoms with Crippen molar-refractivity contribution in [1.82, 2.24) is 4.90 Å². The van der Waals surface area contributed by atoms with Gasteiger partial charge in [0.15, 0.2) is 11.5 Å². The number of hydrogen-bond donors (Lipinski definition) is 2. The molecule has 0 aliphatic rings. The van der Waals surface area contributed by atoms with E-state index < -0.39 is 0 Å². The Morgan fingerprint density at radius 1 is 1.00 bits per heavy atom. The first-order chi connectivity index (χ1) is 14.8. The van der Waals surface area contributed by atoms with Gasteiger partial charge in [0.1, 0.15) is 0 Å². The minimum atomic E-state index is -0.326. The van der Waals surface area contributed by atoms with Crippen molar-refractivity contribution in [3.05, 3.63) is 72.1 Å². The van der Waals surface area contributed by atoms with Crippen molar-refractivity contribution >= 4 is 23.2 Å². The van der Waals surface area contributed by atoms with E-state index in [1.54, 1.807) is 29.2 Å². The lowest BCUT2D eigenvalue weighted by atomic mass is 10.1. The summed E-state index contributed by atoms with van der Waals surface area (Å²) in [5.41, 5.74) is 2.51. The van der Waals surface area contributed by atoms with Gasteiger partial charge in [-0.05, 0) is 48.0 Å². The maximum atomic E-state index is 13.0. The van der Waals surface area contributed by atoms with Crippen LogP contribution in [0.4, 0.5) is 11.4 Å². The topological polar surface area (TPSA) is 83.4 Å². The highest BCUT2D eigenvalue weighted by atomic mass is 16.3. The fourth-order valence-corrected chi connectivity index (χ4v) is 3.20. The number of carbonyl (C=O) groups is 2. The first kappa shape index (κ1) is 22.2. The van der Waals surface area contributed by atoms with Crippen molar-refractivity contribution < 1.29 is 23.3 Å². The van der Waals surface area contributed by atoms with Gasteiger partial charge >= 0.3 is 0 Å². The van der Waals surface area contributed by atoms with Crippen LogP contribution in [0.15, 0.2) is 63.8 Å². The molecule has 0 unspecified atom stereocenters. The lowest BCUT2D eigenvalue weighted by molar-refractivity contribution is -0.857. The Labute approximate surface area is 182 Å². The average molecular weight is 426 g/mol. The van der Waals surface area contributed by atoms with E-state index in [4.69, 9.17) is 8.83 Å². The van der Waals surface area contributed by atoms with Crippen LogP contribution in [0.1, 0.15) is 26.7 Å². The van der Waals surface area contributed by atoms with Crippen molar-refractivity contribution in [2.45, 2.75) is 6.54 Å². The number of quaternary nitrogens is 1. The molecule has 2 N–H and O–H groups in total. The largest absolute Gasteiger partial charge is 0.459 e. The monoisotopic (exact) mass is 425 g/mol. The number of nitrogens with zero attached hydrogens (tertiary/aromatic N) is 2. The second-order valence-corrected chi connectivity index (χ2v) is 7.83. The van der Waals surface area contributed by atoms with Crippen LogP contribution >= 0.6 is 0 Å². The van der Waals surface area contributed by atoms with Gasteiger partial charge in [-0.3, -0.25) is 9.59 Å². The number of amides is 2. The molecule has 0 atom stereocenters. The molecular formula is C23H29N4O4+. The van der Waals surface area contributed by atoms with E-state index in [-0.39, 0.29) is 17.6 Å². The van der Waals surface area contributed by atoms with Crippen molar-refractivity contribution in [1.29, 1.82) is 0 Å². The van der Waals surface area contributed by atoms with Crippen LogP contribution in [0.5, 0.6) is 0 Å². The third kappa shape index (κ3) is 5.76. The standard InChI is InChI=1S/C23H28N4O4/c1-25(2)11-12-27(23(29)21-8-6-14-31-21)16-17-15-18(9-10-19(17)26(3)4)24-22(28)20-7-5-13-30-20/h5-10,13-15H,11-12,16H2,1-4H3,(H,24,28)/p+1. The van der Waals surface area contributed by atoms with Crippen molar-refractivity contribution in [2.75, 3.05) is 51.5 Å². The molecular weight excluding hydrogens is 396 g/mol. The quantitative estimate of drug-likeness (QED) is 0.548. The average Bonchev–Trinajstić information content (AvgIpc) is 3.44. The molecule has 31 heavy (non-hydrogen) atoms. The van der Waals surface area contributed by atoms with E-state index in [1.807, 2.05) is 51.3 Å². The van der Waals surface area contributed by atoms with E-state index in [0.717, 1.165) is 17.8 Å². The molecule has 3 aromatic rings. The maximum Gasteiger partial charge on any atom is 0.291 e. The molecule has 0 saturated heterocycles. The van der Waals surface area contributed by atoms with Gasteiger partial charge < -0.3 is 28.9 Å². The number of carbonyl (C=O) groups excluding carboxylic acids is 2. The number of anilines is 2. The summed E-state index contributed by atoms with van der Waals surface area (Å²) in [6.07, 6.45) is 2.96. The Bertz CT molecular complexity index is 995. The molecule has 8 heteroatoms. The minimum absolute atomic E-state index is 0.166. The summed E-state index contributed by atoms with van der Waals surface area (Å²) in [5, 5.41) is 2.85. The summed E-state index contributed by atoms with van der Waals surface area (Å²) in [4.78, 5) is 30.4. The second kappa shape index (κ2) is 9.99. The third-order valence-corrected chi connectivity index (χ3v) is 4.83. The predicted molar refractivity (Wildman–Crippen MR) is 119 cm³/mol. The van der Waals surface area contributed by atoms with Gasteiger partial charge in [0.25, 0.3) is 11.8 Å². The van der Waals surface area contributed by atoms with Crippen LogP contribution in [0.2, 0.25) is 0 Å². The maximum absolute atomic E-state index is 13.0. The summed E-state index contributed by atoms with van der Waals surface area (Å²) in [5.74, 6) is 0.0542. The number of likely N-dealkylation sites (N-methyl/N-ethyl adjacent to an activating group) is 1. The van der Waals surface area contributed by atoms with Crippen LogP contribution in [-0.4, -0.2) is 58.0 Å². The van der Waals surface area contributed by atoms with Gasteiger partial charge in [-0.25, -0.2) is 0 Å². The van der Waals surface area contributed by atoms with Crippen molar-refractivity contribution in [2.24, 2.45) is 0 Å². The SMILES string of the molecule is CN(C)c1ccc(NC(=O)c2ccco2)cc1CN(CC[NH+](C)C)C(=O)c1ccco1. The Morgan fingerprint density at radius 3 is 2.26 bits per heavy atom. The third-order valence-electron chi connectivity index (χ3n) is 4.83. The summed E-state index contributed by atoms with van der Waals surface area (Å²) >= 11 is 0. The number of benzene rings is 1. The molecule has 0 fully saturated rings. The normalized spacial score (nSPS) is 10.9. The Morgan fingerprint density at radius 2 is 1.68 bits per heavy atom. The zero-order valence-corrected chi connectivity index (χ0v) is 18.3. The van der Waals surface area contributed by atoms with Crippen LogP contribution in [0.3, 0.4) is 0 Å². The molecule has 8 nitrogen and oxygen atoms in total. The molecule has 3 rings (SSSR count). The summed E-state index contributed by atoms with van der Waals surface area (Å²) in [6, 6.07) is 12.3. The molecule has 0 saturated carbocycles. The molecule has 0 bridgehead atoms. The molecule has 0 aliphatic heterocycles. The van der Waals surface area contributed by atoms with Gasteiger partial charge in [0.2, 0.25) is 0 Å². The van der Waals surface area contributed by atoms with E-state index in [1.165, 1.54) is 17.4 Å². The molecule has 164 valence electrons. The minimum Gasteiger partial charge on any atom is -0.459 e. The molecule has 0 aliphatic carbocycles. The molecule has 2 aromatic heterocycles. The lowest BCUT2D eigenvalue weighted by Crippen LogP contribution is -3.06. The number of nitrogens with one attached hydrogen (secondary N) is 2. The van der Waals surface area contributed by atoms with Crippen molar-refractivity contribution in [3.8, 4) is 0 Å². The van der Waals surface area contributed by atoms with E-state index in [2.05, 4.69) is 5.32 Å². The fourth-order valence-electron chi connectivity index (χ4n) is 3.20. The lowest BCUT2D eigenvalue weighted by Gasteiger charge is -2.26. The van der Waals surface area contributed by atoms with Gasteiger partial charge in [0.05, 0.1) is 39.7 Å². The zero-order valence-electron chi connectivity index (χ0n) is 18.3. The number of hydrogen-bond acceptors (Lipinski definition) is 5. The van der Waals surface area contributed by atoms with Crippen LogP contribution in [-0.2, 0) is 6.54 Å². The Kier molecular flexibility index (Phi) is 7.15. The molecule has 2 amide bonds. The Hall–Kier alpha value is -3.52. The van der Waals surface area contributed by atoms with Gasteiger partial charge in [-0.15, -0.1) is 0 Å². The first-order valence-corrected chi connectivity index (χ1v) is 10.1. The van der Waals surface area contributed by atoms with Crippen molar-refractivity contribution in [3.63, 3.8) is 0 Å². The number of furan rings is 2. The van der Waals surface area contributed by atoms with Crippen LogP contribution < -0.4 is 15.1 Å². The van der Waals surface area contributed by atoms with Crippen LogP contribution in [0.25, 0.3) is 0 Å². The van der Waals surface area contributed by atoms with E-state index >= 15 is 0 Å². The van der Waals surface area contributed by atoms with Crippen LogP contribution in [0, 0.1) is 0 Å². The number of rotatable bonds is 9. The highest BCUT2D eigenvalue weighted by Gasteiger charge is 2.21. The molecule has 0 radical (unpaired) electrons. The molecule has 2 heterocycles. The predicted octanol–water partition coefficient (Wildman–Crippen LogP) is 1.98. The van der Waals surface area contributed by atoms with Gasteiger partial charge in [0, 0.05) is 32.0 Å². The van der Waals surface area contributed by atoms with Gasteiger partial charge in [-0.2, -0.15) is 0 Å². The highest BCUT2D eigenvalue weighted by Crippen LogP contribution is 2.25. The summed E-state index contributed by atoms with van der Waals surface area (Å²) in [6.45, 7) is 1.74. The van der Waals surface area contributed by atoms with Gasteiger partial charge in [-0.1, -0.05) is 0 Å². The smallest absolute Gasteiger partial charge is 0.291 e. The highest BCUT2D eigenvalue weighted by molar-refractivity contribution is 6.02. The second-order valence-electron chi connectivity index (χ2n) is 7.83. The molecule has 0 spiro atoms. The zero-order chi connectivity index (χ0) is 22.4. The van der Waals surface area contributed by atoms with E-state index in [0.29, 0.717) is 24.5 Å².